The van der Waals surface area contributed by atoms with Gasteiger partial charge in [-0.3, -0.25) is 14.9 Å². The molecule has 0 spiro atoms. The van der Waals surface area contributed by atoms with E-state index in [0.29, 0.717) is 70.4 Å². The van der Waals surface area contributed by atoms with Crippen LogP contribution in [-0.4, -0.2) is 48.0 Å². The number of thiocarbonyl (C=S) groups is 1. The molecule has 1 aromatic heterocycles. The molecule has 0 bridgehead atoms. The predicted octanol–water partition coefficient (Wildman–Crippen LogP) is 6.49. The Morgan fingerprint density at radius 2 is 1.76 bits per heavy atom. The van der Waals surface area contributed by atoms with Crippen molar-refractivity contribution in [1.82, 2.24) is 10.2 Å². The second-order valence-corrected chi connectivity index (χ2v) is 10.1. The van der Waals surface area contributed by atoms with Gasteiger partial charge in [-0.1, -0.05) is 41.7 Å². The summed E-state index contributed by atoms with van der Waals surface area (Å²) in [6, 6.07) is 14.1. The second-order valence-electron chi connectivity index (χ2n) is 8.49. The average molecular weight is 592 g/mol. The van der Waals surface area contributed by atoms with Crippen molar-refractivity contribution in [3.05, 3.63) is 75.4 Å². The van der Waals surface area contributed by atoms with Crippen LogP contribution >= 0.6 is 47.0 Å². The number of carbonyl (C=O) groups excluding carboxylic acids is 2. The van der Waals surface area contributed by atoms with Gasteiger partial charge in [0, 0.05) is 54.9 Å². The van der Waals surface area contributed by atoms with E-state index in [2.05, 4.69) is 15.5 Å². The van der Waals surface area contributed by atoms with Crippen molar-refractivity contribution in [1.29, 1.82) is 0 Å². The third-order valence-corrected chi connectivity index (χ3v) is 6.99. The summed E-state index contributed by atoms with van der Waals surface area (Å²) in [6.07, 6.45) is 3.36. The number of anilines is 2. The van der Waals surface area contributed by atoms with Crippen LogP contribution in [0.15, 0.2) is 59.0 Å². The number of amides is 2. The number of piperazine rings is 1. The van der Waals surface area contributed by atoms with E-state index >= 15 is 0 Å². The van der Waals surface area contributed by atoms with Crippen LogP contribution in [-0.2, 0) is 9.59 Å². The molecule has 0 radical (unpaired) electrons. The fraction of sp³-hybridized carbons (Fsp3) is 0.222. The van der Waals surface area contributed by atoms with Gasteiger partial charge in [-0.25, -0.2) is 0 Å². The lowest BCUT2D eigenvalue weighted by atomic mass is 10.2. The number of carbonyl (C=O) groups is 2. The molecule has 2 heterocycles. The van der Waals surface area contributed by atoms with Gasteiger partial charge in [-0.05, 0) is 66.8 Å². The molecule has 0 saturated carbocycles. The lowest BCUT2D eigenvalue weighted by molar-refractivity contribution is -0.131. The van der Waals surface area contributed by atoms with Gasteiger partial charge in [0.25, 0.3) is 0 Å². The second kappa shape index (κ2) is 12.7. The van der Waals surface area contributed by atoms with Gasteiger partial charge in [0.1, 0.15) is 11.5 Å². The Bertz CT molecular complexity index is 1380. The van der Waals surface area contributed by atoms with Gasteiger partial charge in [-0.15, -0.1) is 0 Å². The largest absolute Gasteiger partial charge is 0.457 e. The fourth-order valence-corrected chi connectivity index (χ4v) is 5.03. The van der Waals surface area contributed by atoms with Crippen molar-refractivity contribution in [2.75, 3.05) is 36.4 Å². The van der Waals surface area contributed by atoms with Crippen molar-refractivity contribution in [2.45, 2.75) is 13.3 Å². The third kappa shape index (κ3) is 7.08. The highest BCUT2D eigenvalue weighted by Gasteiger charge is 2.21. The molecule has 1 aliphatic rings. The quantitative estimate of drug-likeness (QED) is 0.252. The van der Waals surface area contributed by atoms with Crippen LogP contribution < -0.4 is 15.5 Å². The Labute approximate surface area is 241 Å². The van der Waals surface area contributed by atoms with Crippen molar-refractivity contribution in [2.24, 2.45) is 0 Å². The normalized spacial score (nSPS) is 13.6. The van der Waals surface area contributed by atoms with Gasteiger partial charge in [0.2, 0.25) is 11.8 Å². The van der Waals surface area contributed by atoms with Crippen LogP contribution in [0.3, 0.4) is 0 Å². The third-order valence-electron chi connectivity index (χ3n) is 5.94. The van der Waals surface area contributed by atoms with E-state index in [-0.39, 0.29) is 11.0 Å². The fourth-order valence-electron chi connectivity index (χ4n) is 4.01. The minimum Gasteiger partial charge on any atom is -0.457 e. The Balaban J connectivity index is 1.29. The van der Waals surface area contributed by atoms with E-state index in [4.69, 9.17) is 51.4 Å². The maximum Gasteiger partial charge on any atom is 0.250 e. The number of halogens is 3. The molecule has 1 fully saturated rings. The number of hydrogen-bond acceptors (Lipinski definition) is 5. The molecule has 7 nitrogen and oxygen atoms in total. The van der Waals surface area contributed by atoms with E-state index in [1.54, 1.807) is 36.4 Å². The van der Waals surface area contributed by atoms with Gasteiger partial charge >= 0.3 is 0 Å². The summed E-state index contributed by atoms with van der Waals surface area (Å²) in [7, 11) is 0. The lowest BCUT2D eigenvalue weighted by Crippen LogP contribution is -2.48. The highest BCUT2D eigenvalue weighted by Crippen LogP contribution is 2.32. The molecule has 1 saturated heterocycles. The first-order valence-corrected chi connectivity index (χ1v) is 13.4. The number of hydrogen-bond donors (Lipinski definition) is 2. The van der Waals surface area contributed by atoms with E-state index < -0.39 is 5.91 Å². The number of nitrogens with zero attached hydrogens (tertiary/aromatic N) is 2. The molecular weight excluding hydrogens is 567 g/mol. The monoisotopic (exact) mass is 590 g/mol. The van der Waals surface area contributed by atoms with E-state index in [0.717, 1.165) is 5.69 Å². The van der Waals surface area contributed by atoms with Gasteiger partial charge in [-0.2, -0.15) is 0 Å². The molecule has 2 aromatic carbocycles. The zero-order valence-corrected chi connectivity index (χ0v) is 23.6. The van der Waals surface area contributed by atoms with Crippen molar-refractivity contribution >= 4 is 81.4 Å². The maximum atomic E-state index is 12.3. The maximum absolute atomic E-state index is 12.3. The summed E-state index contributed by atoms with van der Waals surface area (Å²) in [6.45, 7) is 4.63. The SMILES string of the molecule is CCC(=O)N1CCN(c2ccc(NC(=S)NC(=O)/C=C/c3ccc(-c4ccc(Cl)cc4Cl)o3)cc2Cl)CC1. The molecule has 2 N–H and O–H groups in total. The minimum absolute atomic E-state index is 0.128. The number of benzene rings is 2. The first-order chi connectivity index (χ1) is 18.2. The molecule has 0 aliphatic carbocycles. The summed E-state index contributed by atoms with van der Waals surface area (Å²) in [5, 5.41) is 7.24. The molecule has 38 heavy (non-hydrogen) atoms. The molecule has 0 atom stereocenters. The summed E-state index contributed by atoms with van der Waals surface area (Å²) < 4.78 is 5.76. The van der Waals surface area contributed by atoms with Gasteiger partial charge in [0.15, 0.2) is 5.11 Å². The topological polar surface area (TPSA) is 77.8 Å². The van der Waals surface area contributed by atoms with Crippen LogP contribution in [0.5, 0.6) is 0 Å². The average Bonchev–Trinajstić information content (AvgIpc) is 3.36. The molecular formula is C27H25Cl3N4O3S. The molecule has 198 valence electrons. The smallest absolute Gasteiger partial charge is 0.250 e. The van der Waals surface area contributed by atoms with Gasteiger partial charge in [0.05, 0.1) is 15.7 Å². The van der Waals surface area contributed by atoms with E-state index in [9.17, 15) is 9.59 Å². The first-order valence-electron chi connectivity index (χ1n) is 11.9. The zero-order chi connectivity index (χ0) is 27.2. The van der Waals surface area contributed by atoms with Gasteiger partial charge < -0.3 is 19.5 Å². The van der Waals surface area contributed by atoms with Crippen LogP contribution in [0, 0.1) is 0 Å². The highest BCUT2D eigenvalue weighted by atomic mass is 35.5. The van der Waals surface area contributed by atoms with Crippen LogP contribution in [0.2, 0.25) is 15.1 Å². The molecule has 2 amide bonds. The first kappa shape index (κ1) is 28.0. The molecule has 11 heteroatoms. The van der Waals surface area contributed by atoms with Crippen molar-refractivity contribution < 1.29 is 14.0 Å². The predicted molar refractivity (Wildman–Crippen MR) is 158 cm³/mol. The van der Waals surface area contributed by atoms with E-state index in [1.807, 2.05) is 24.0 Å². The van der Waals surface area contributed by atoms with Crippen molar-refractivity contribution in [3.63, 3.8) is 0 Å². The van der Waals surface area contributed by atoms with Crippen LogP contribution in [0.4, 0.5) is 11.4 Å². The Hall–Kier alpha value is -3.04. The van der Waals surface area contributed by atoms with Crippen LogP contribution in [0.25, 0.3) is 17.4 Å². The molecule has 1 aliphatic heterocycles. The standard InChI is InChI=1S/C27H25Cl3N4O3S/c1-2-26(36)34-13-11-33(12-14-34)23-8-4-18(16-22(23)30)31-27(38)32-25(35)10-6-19-5-9-24(37-19)20-7-3-17(28)15-21(20)29/h3-10,15-16H,2,11-14H2,1H3,(H2,31,32,35,38)/b10-6+. The molecule has 3 aromatic rings. The summed E-state index contributed by atoms with van der Waals surface area (Å²) in [5.74, 6) is 0.771. The Morgan fingerprint density at radius 1 is 1.00 bits per heavy atom. The Kier molecular flexibility index (Phi) is 9.33. The number of rotatable bonds is 6. The summed E-state index contributed by atoms with van der Waals surface area (Å²) >= 11 is 24.0. The number of furan rings is 1. The Morgan fingerprint density at radius 3 is 2.45 bits per heavy atom. The van der Waals surface area contributed by atoms with Crippen LogP contribution in [0.1, 0.15) is 19.1 Å². The lowest BCUT2D eigenvalue weighted by Gasteiger charge is -2.36. The van der Waals surface area contributed by atoms with Crippen molar-refractivity contribution in [3.8, 4) is 11.3 Å². The summed E-state index contributed by atoms with van der Waals surface area (Å²) in [4.78, 5) is 28.3. The number of nitrogens with one attached hydrogen (secondary N) is 2. The molecule has 4 rings (SSSR count). The highest BCUT2D eigenvalue weighted by molar-refractivity contribution is 7.80. The summed E-state index contributed by atoms with van der Waals surface area (Å²) in [5.41, 5.74) is 2.23. The van der Waals surface area contributed by atoms with E-state index in [1.165, 1.54) is 12.2 Å². The zero-order valence-electron chi connectivity index (χ0n) is 20.5. The molecule has 0 unspecified atom stereocenters. The minimum atomic E-state index is -0.424.